The number of nitrogens with zero attached hydrogens (tertiary/aromatic N) is 3. The molecule has 0 amide bonds. The van der Waals surface area contributed by atoms with Crippen LogP contribution in [-0.2, 0) is 4.74 Å². The molecule has 0 aliphatic heterocycles. The number of halogens is 1. The molecule has 0 N–H and O–H groups in total. The summed E-state index contributed by atoms with van der Waals surface area (Å²) in [6, 6.07) is 5.22. The van der Waals surface area contributed by atoms with Gasteiger partial charge in [0, 0.05) is 24.4 Å². The van der Waals surface area contributed by atoms with Crippen LogP contribution in [0.5, 0.6) is 11.6 Å². The van der Waals surface area contributed by atoms with Crippen molar-refractivity contribution in [3.05, 3.63) is 45.6 Å². The Morgan fingerprint density at radius 3 is 2.61 bits per heavy atom. The molecule has 8 nitrogen and oxygen atoms in total. The van der Waals surface area contributed by atoms with Gasteiger partial charge < -0.3 is 9.47 Å². The number of hydrogen-bond donors (Lipinski definition) is 0. The molecule has 0 saturated heterocycles. The fourth-order valence-corrected chi connectivity index (χ4v) is 1.78. The first-order valence-corrected chi connectivity index (χ1v) is 6.94. The third-order valence-corrected chi connectivity index (χ3v) is 2.78. The van der Waals surface area contributed by atoms with Gasteiger partial charge in [-0.05, 0) is 26.8 Å². The number of carbonyl (C=O) groups is 1. The van der Waals surface area contributed by atoms with E-state index in [9.17, 15) is 14.9 Å². The number of benzene rings is 1. The average molecular weight is 340 g/mol. The molecule has 2 aromatic rings. The Kier molecular flexibility index (Phi) is 4.55. The van der Waals surface area contributed by atoms with Crippen LogP contribution in [0.3, 0.4) is 0 Å². The summed E-state index contributed by atoms with van der Waals surface area (Å²) in [6.45, 7) is 5.22. The van der Waals surface area contributed by atoms with Gasteiger partial charge in [-0.1, -0.05) is 11.6 Å². The number of nitro groups is 1. The third-order valence-electron chi connectivity index (χ3n) is 2.49. The van der Waals surface area contributed by atoms with E-state index in [1.807, 2.05) is 0 Å². The molecule has 1 aromatic heterocycles. The molecule has 1 aromatic carbocycles. The van der Waals surface area contributed by atoms with Gasteiger partial charge in [0.15, 0.2) is 0 Å². The number of rotatable bonds is 3. The minimum absolute atomic E-state index is 0.0611. The van der Waals surface area contributed by atoms with Gasteiger partial charge in [0.1, 0.15) is 11.4 Å². The van der Waals surface area contributed by atoms with Crippen molar-refractivity contribution in [2.45, 2.75) is 26.4 Å². The van der Waals surface area contributed by atoms with Gasteiger partial charge >= 0.3 is 6.09 Å². The lowest BCUT2D eigenvalue weighted by Gasteiger charge is -2.18. The van der Waals surface area contributed by atoms with Crippen LogP contribution in [0.1, 0.15) is 20.8 Å². The predicted octanol–water partition coefficient (Wildman–Crippen LogP) is 4.02. The van der Waals surface area contributed by atoms with E-state index in [1.54, 1.807) is 20.8 Å². The minimum atomic E-state index is -0.651. The summed E-state index contributed by atoms with van der Waals surface area (Å²) in [5, 5.41) is 14.6. The largest absolute Gasteiger partial charge is 0.442 e. The molecule has 0 unspecified atom stereocenters. The van der Waals surface area contributed by atoms with Crippen molar-refractivity contribution in [1.82, 2.24) is 9.78 Å². The van der Waals surface area contributed by atoms with E-state index in [1.165, 1.54) is 30.5 Å². The first-order chi connectivity index (χ1) is 10.7. The Balaban J connectivity index is 2.13. The number of carbonyl (C=O) groups excluding carboxylic acids is 1. The third kappa shape index (κ3) is 4.43. The van der Waals surface area contributed by atoms with Crippen LogP contribution < -0.4 is 4.74 Å². The van der Waals surface area contributed by atoms with Gasteiger partial charge in [-0.25, -0.2) is 4.79 Å². The maximum atomic E-state index is 11.8. The number of nitro benzene ring substituents is 1. The second-order valence-corrected chi connectivity index (χ2v) is 5.96. The zero-order valence-corrected chi connectivity index (χ0v) is 13.4. The van der Waals surface area contributed by atoms with Crippen LogP contribution >= 0.6 is 11.6 Å². The Bertz CT molecular complexity index is 751. The SMILES string of the molecule is CC(C)(C)OC(=O)n1ccc(Oc2ccc([N+](=O)[O-])cc2Cl)n1. The van der Waals surface area contributed by atoms with Crippen molar-refractivity contribution in [2.24, 2.45) is 0 Å². The van der Waals surface area contributed by atoms with Crippen LogP contribution in [-0.4, -0.2) is 26.4 Å². The smallest absolute Gasteiger partial charge is 0.435 e. The van der Waals surface area contributed by atoms with Crippen molar-refractivity contribution in [3.63, 3.8) is 0 Å². The highest BCUT2D eigenvalue weighted by Crippen LogP contribution is 2.31. The molecule has 0 spiro atoms. The topological polar surface area (TPSA) is 96.5 Å². The first kappa shape index (κ1) is 16.8. The van der Waals surface area contributed by atoms with E-state index in [4.69, 9.17) is 21.1 Å². The molecule has 122 valence electrons. The molecular weight excluding hydrogens is 326 g/mol. The lowest BCUT2D eigenvalue weighted by Crippen LogP contribution is -2.27. The molecular formula is C14H14ClN3O5. The van der Waals surface area contributed by atoms with E-state index in [0.29, 0.717) is 0 Å². The van der Waals surface area contributed by atoms with Gasteiger partial charge in [0.25, 0.3) is 5.69 Å². The zero-order chi connectivity index (χ0) is 17.2. The van der Waals surface area contributed by atoms with Crippen LogP contribution in [0.25, 0.3) is 0 Å². The van der Waals surface area contributed by atoms with Gasteiger partial charge in [0.05, 0.1) is 9.95 Å². The number of hydrogen-bond acceptors (Lipinski definition) is 6. The summed E-state index contributed by atoms with van der Waals surface area (Å²) in [5.74, 6) is 0.290. The maximum absolute atomic E-state index is 11.8. The lowest BCUT2D eigenvalue weighted by atomic mass is 10.2. The van der Waals surface area contributed by atoms with Gasteiger partial charge in [-0.2, -0.15) is 4.68 Å². The first-order valence-electron chi connectivity index (χ1n) is 6.56. The van der Waals surface area contributed by atoms with Crippen molar-refractivity contribution in [1.29, 1.82) is 0 Å². The number of ether oxygens (including phenoxy) is 2. The summed E-state index contributed by atoms with van der Waals surface area (Å²) in [4.78, 5) is 21.9. The molecule has 1 heterocycles. The molecule has 23 heavy (non-hydrogen) atoms. The summed E-state index contributed by atoms with van der Waals surface area (Å²) < 4.78 is 11.6. The van der Waals surface area contributed by atoms with E-state index in [2.05, 4.69) is 5.10 Å². The fraction of sp³-hybridized carbons (Fsp3) is 0.286. The Hall–Kier alpha value is -2.61. The van der Waals surface area contributed by atoms with Crippen molar-refractivity contribution >= 4 is 23.4 Å². The summed E-state index contributed by atoms with van der Waals surface area (Å²) >= 11 is 5.92. The Morgan fingerprint density at radius 1 is 1.35 bits per heavy atom. The summed E-state index contributed by atoms with van der Waals surface area (Å²) in [5.41, 5.74) is -0.798. The van der Waals surface area contributed by atoms with Gasteiger partial charge in [-0.3, -0.25) is 10.1 Å². The van der Waals surface area contributed by atoms with Gasteiger partial charge in [-0.15, -0.1) is 5.10 Å². The molecule has 0 radical (unpaired) electrons. The van der Waals surface area contributed by atoms with Crippen LogP contribution in [0.4, 0.5) is 10.5 Å². The maximum Gasteiger partial charge on any atom is 0.435 e. The molecule has 0 aliphatic rings. The normalized spacial score (nSPS) is 11.1. The molecule has 0 aliphatic carbocycles. The van der Waals surface area contributed by atoms with Crippen molar-refractivity contribution in [3.8, 4) is 11.6 Å². The Labute approximate surface area is 136 Å². The lowest BCUT2D eigenvalue weighted by molar-refractivity contribution is -0.384. The highest BCUT2D eigenvalue weighted by molar-refractivity contribution is 6.32. The molecule has 0 bridgehead atoms. The van der Waals surface area contributed by atoms with Crippen molar-refractivity contribution < 1.29 is 19.2 Å². The zero-order valence-electron chi connectivity index (χ0n) is 12.6. The van der Waals surface area contributed by atoms with E-state index < -0.39 is 16.6 Å². The van der Waals surface area contributed by atoms with Gasteiger partial charge in [0.2, 0.25) is 5.88 Å². The quantitative estimate of drug-likeness (QED) is 0.619. The minimum Gasteiger partial charge on any atom is -0.442 e. The standard InChI is InChI=1S/C14H14ClN3O5/c1-14(2,3)23-13(19)17-7-6-12(16-17)22-11-5-4-9(18(20)21)8-10(11)15/h4-8H,1-3H3. The number of aromatic nitrogens is 2. The van der Waals surface area contributed by atoms with E-state index in [0.717, 1.165) is 4.68 Å². The molecule has 0 atom stereocenters. The molecule has 9 heteroatoms. The molecule has 2 rings (SSSR count). The molecule has 0 fully saturated rings. The van der Waals surface area contributed by atoms with Crippen LogP contribution in [0.2, 0.25) is 5.02 Å². The van der Waals surface area contributed by atoms with Crippen molar-refractivity contribution in [2.75, 3.05) is 0 Å². The van der Waals surface area contributed by atoms with Crippen LogP contribution in [0, 0.1) is 10.1 Å². The summed E-state index contributed by atoms with van der Waals surface area (Å²) in [6.07, 6.45) is 0.727. The highest BCUT2D eigenvalue weighted by atomic mass is 35.5. The van der Waals surface area contributed by atoms with E-state index in [-0.39, 0.29) is 22.3 Å². The van der Waals surface area contributed by atoms with Crippen LogP contribution in [0.15, 0.2) is 30.5 Å². The summed E-state index contributed by atoms with van der Waals surface area (Å²) in [7, 11) is 0. The molecule has 0 saturated carbocycles. The highest BCUT2D eigenvalue weighted by Gasteiger charge is 2.19. The fourth-order valence-electron chi connectivity index (χ4n) is 1.57. The Morgan fingerprint density at radius 2 is 2.04 bits per heavy atom. The monoisotopic (exact) mass is 339 g/mol. The second-order valence-electron chi connectivity index (χ2n) is 5.55. The average Bonchev–Trinajstić information content (AvgIpc) is 2.87. The number of non-ortho nitro benzene ring substituents is 1. The second kappa shape index (κ2) is 6.25. The van der Waals surface area contributed by atoms with E-state index >= 15 is 0 Å². The predicted molar refractivity (Wildman–Crippen MR) is 82.0 cm³/mol.